The Balaban J connectivity index is 1.93. The highest BCUT2D eigenvalue weighted by Crippen LogP contribution is 2.40. The number of rotatable bonds is 6. The highest BCUT2D eigenvalue weighted by atomic mass is 16.5. The summed E-state index contributed by atoms with van der Waals surface area (Å²) in [5.74, 6) is 1.23. The number of pyridine rings is 1. The standard InChI is InChI=1S/C24H23N3O4/c1-13(25)14-4-6-20(29-2)17(10-14)16-8-9-27-19-12-22(31-23(16)19)18-11-15(24(26)28)5-7-21(18)30-3/h4-13H,25H2,1-3H3,(H2,26,28). The van der Waals surface area contributed by atoms with E-state index in [4.69, 9.17) is 25.4 Å². The monoisotopic (exact) mass is 417 g/mol. The number of nitrogens with zero attached hydrogens (tertiary/aromatic N) is 1. The molecule has 0 aliphatic rings. The fraction of sp³-hybridized carbons (Fsp3) is 0.167. The van der Waals surface area contributed by atoms with Crippen LogP contribution >= 0.6 is 0 Å². The first-order valence-corrected chi connectivity index (χ1v) is 9.73. The maximum absolute atomic E-state index is 11.7. The first-order valence-electron chi connectivity index (χ1n) is 9.73. The van der Waals surface area contributed by atoms with E-state index >= 15 is 0 Å². The van der Waals surface area contributed by atoms with Gasteiger partial charge in [-0.25, -0.2) is 0 Å². The predicted octanol–water partition coefficient (Wildman–Crippen LogP) is 4.30. The Morgan fingerprint density at radius 1 is 0.968 bits per heavy atom. The van der Waals surface area contributed by atoms with Crippen LogP contribution in [0.25, 0.3) is 33.6 Å². The Morgan fingerprint density at radius 2 is 1.68 bits per heavy atom. The van der Waals surface area contributed by atoms with Gasteiger partial charge in [0.1, 0.15) is 22.8 Å². The van der Waals surface area contributed by atoms with Crippen molar-refractivity contribution in [1.82, 2.24) is 4.98 Å². The maximum atomic E-state index is 11.7. The molecule has 0 aliphatic heterocycles. The van der Waals surface area contributed by atoms with Crippen molar-refractivity contribution in [3.63, 3.8) is 0 Å². The van der Waals surface area contributed by atoms with Gasteiger partial charge in [0.05, 0.1) is 19.8 Å². The first-order chi connectivity index (χ1) is 14.9. The molecular weight excluding hydrogens is 394 g/mol. The normalized spacial score (nSPS) is 12.0. The fourth-order valence-corrected chi connectivity index (χ4v) is 3.56. The number of aromatic nitrogens is 1. The summed E-state index contributed by atoms with van der Waals surface area (Å²) >= 11 is 0. The summed E-state index contributed by atoms with van der Waals surface area (Å²) in [6.07, 6.45) is 1.71. The zero-order chi connectivity index (χ0) is 22.1. The summed E-state index contributed by atoms with van der Waals surface area (Å²) in [7, 11) is 3.18. The molecule has 0 bridgehead atoms. The van der Waals surface area contributed by atoms with E-state index in [1.807, 2.05) is 37.3 Å². The van der Waals surface area contributed by atoms with Crippen LogP contribution in [-0.4, -0.2) is 25.1 Å². The van der Waals surface area contributed by atoms with E-state index in [1.165, 1.54) is 0 Å². The van der Waals surface area contributed by atoms with Gasteiger partial charge in [0, 0.05) is 35.0 Å². The van der Waals surface area contributed by atoms with Crippen LogP contribution < -0.4 is 20.9 Å². The second-order valence-electron chi connectivity index (χ2n) is 7.21. The summed E-state index contributed by atoms with van der Waals surface area (Å²) in [5.41, 5.74) is 16.4. The third kappa shape index (κ3) is 3.71. The van der Waals surface area contributed by atoms with Crippen molar-refractivity contribution >= 4 is 17.0 Å². The van der Waals surface area contributed by atoms with Gasteiger partial charge >= 0.3 is 0 Å². The summed E-state index contributed by atoms with van der Waals surface area (Å²) < 4.78 is 17.3. The molecule has 31 heavy (non-hydrogen) atoms. The van der Waals surface area contributed by atoms with E-state index in [0.29, 0.717) is 39.5 Å². The van der Waals surface area contributed by atoms with Crippen molar-refractivity contribution in [3.05, 3.63) is 65.9 Å². The minimum atomic E-state index is -0.531. The number of nitrogens with two attached hydrogens (primary N) is 2. The predicted molar refractivity (Wildman–Crippen MR) is 119 cm³/mol. The van der Waals surface area contributed by atoms with Gasteiger partial charge < -0.3 is 25.4 Å². The zero-order valence-corrected chi connectivity index (χ0v) is 17.5. The van der Waals surface area contributed by atoms with Crippen LogP contribution in [0.5, 0.6) is 11.5 Å². The van der Waals surface area contributed by atoms with Gasteiger partial charge in [-0.3, -0.25) is 9.78 Å². The Kier molecular flexibility index (Phi) is 5.35. The number of carbonyl (C=O) groups is 1. The molecule has 2 aromatic carbocycles. The van der Waals surface area contributed by atoms with Gasteiger partial charge in [0.25, 0.3) is 0 Å². The lowest BCUT2D eigenvalue weighted by atomic mass is 9.99. The molecular formula is C24H23N3O4. The van der Waals surface area contributed by atoms with E-state index in [0.717, 1.165) is 16.7 Å². The molecule has 0 saturated carbocycles. The molecule has 0 radical (unpaired) electrons. The minimum absolute atomic E-state index is 0.130. The van der Waals surface area contributed by atoms with Crippen LogP contribution in [0.4, 0.5) is 0 Å². The van der Waals surface area contributed by atoms with Crippen molar-refractivity contribution < 1.29 is 18.7 Å². The molecule has 4 N–H and O–H groups in total. The third-order valence-electron chi connectivity index (χ3n) is 5.20. The highest BCUT2D eigenvalue weighted by molar-refractivity contribution is 5.97. The van der Waals surface area contributed by atoms with Crippen LogP contribution in [0.3, 0.4) is 0 Å². The SMILES string of the molecule is COc1ccc(C(N)=O)cc1-c1cc2nccc(-c3cc(C(C)N)ccc3OC)c2o1. The van der Waals surface area contributed by atoms with E-state index in [2.05, 4.69) is 4.98 Å². The Bertz CT molecular complexity index is 1280. The number of ether oxygens (including phenoxy) is 2. The molecule has 7 heteroatoms. The zero-order valence-electron chi connectivity index (χ0n) is 17.5. The van der Waals surface area contributed by atoms with Crippen LogP contribution in [0, 0.1) is 0 Å². The topological polar surface area (TPSA) is 114 Å². The second-order valence-corrected chi connectivity index (χ2v) is 7.21. The quantitative estimate of drug-likeness (QED) is 0.484. The average Bonchev–Trinajstić information content (AvgIpc) is 3.22. The average molecular weight is 417 g/mol. The molecule has 0 fully saturated rings. The number of hydrogen-bond acceptors (Lipinski definition) is 6. The van der Waals surface area contributed by atoms with Crippen LogP contribution in [0.15, 0.2) is 59.1 Å². The third-order valence-corrected chi connectivity index (χ3v) is 5.20. The molecule has 0 spiro atoms. The molecule has 4 aromatic rings. The van der Waals surface area contributed by atoms with Gasteiger partial charge in [-0.05, 0) is 48.9 Å². The second kappa shape index (κ2) is 8.12. The lowest BCUT2D eigenvalue weighted by molar-refractivity contribution is 0.100. The number of methoxy groups -OCH3 is 2. The molecule has 1 amide bonds. The van der Waals surface area contributed by atoms with Crippen molar-refractivity contribution in [3.8, 4) is 33.9 Å². The molecule has 1 unspecified atom stereocenters. The number of benzene rings is 2. The number of primary amides is 1. The first kappa shape index (κ1) is 20.4. The van der Waals surface area contributed by atoms with E-state index in [9.17, 15) is 4.79 Å². The van der Waals surface area contributed by atoms with E-state index in [-0.39, 0.29) is 6.04 Å². The number of amides is 1. The van der Waals surface area contributed by atoms with E-state index < -0.39 is 5.91 Å². The Labute approximate surface area is 179 Å². The molecule has 0 aliphatic carbocycles. The van der Waals surface area contributed by atoms with Crippen molar-refractivity contribution in [2.75, 3.05) is 14.2 Å². The molecule has 7 nitrogen and oxygen atoms in total. The summed E-state index contributed by atoms with van der Waals surface area (Å²) in [4.78, 5) is 16.1. The Hall–Kier alpha value is -3.84. The Morgan fingerprint density at radius 3 is 2.35 bits per heavy atom. The largest absolute Gasteiger partial charge is 0.496 e. The van der Waals surface area contributed by atoms with Crippen LogP contribution in [0.2, 0.25) is 0 Å². The van der Waals surface area contributed by atoms with Gasteiger partial charge in [-0.2, -0.15) is 0 Å². The minimum Gasteiger partial charge on any atom is -0.496 e. The molecule has 158 valence electrons. The lowest BCUT2D eigenvalue weighted by Gasteiger charge is -2.13. The number of carbonyl (C=O) groups excluding carboxylic acids is 1. The van der Waals surface area contributed by atoms with Crippen LogP contribution in [0.1, 0.15) is 28.9 Å². The van der Waals surface area contributed by atoms with Gasteiger partial charge in [0.2, 0.25) is 5.91 Å². The fourth-order valence-electron chi connectivity index (χ4n) is 3.56. The summed E-state index contributed by atoms with van der Waals surface area (Å²) in [5, 5.41) is 0. The number of fused-ring (bicyclic) bond motifs is 1. The molecule has 2 heterocycles. The smallest absolute Gasteiger partial charge is 0.248 e. The maximum Gasteiger partial charge on any atom is 0.248 e. The summed E-state index contributed by atoms with van der Waals surface area (Å²) in [6, 6.07) is 14.3. The molecule has 1 atom stereocenters. The number of hydrogen-bond donors (Lipinski definition) is 2. The van der Waals surface area contributed by atoms with Crippen molar-refractivity contribution in [1.29, 1.82) is 0 Å². The van der Waals surface area contributed by atoms with E-state index in [1.54, 1.807) is 38.6 Å². The van der Waals surface area contributed by atoms with Gasteiger partial charge in [0.15, 0.2) is 5.58 Å². The van der Waals surface area contributed by atoms with Crippen LogP contribution in [-0.2, 0) is 0 Å². The van der Waals surface area contributed by atoms with Crippen molar-refractivity contribution in [2.45, 2.75) is 13.0 Å². The molecule has 2 aromatic heterocycles. The molecule has 0 saturated heterocycles. The van der Waals surface area contributed by atoms with Gasteiger partial charge in [-0.15, -0.1) is 0 Å². The highest BCUT2D eigenvalue weighted by Gasteiger charge is 2.19. The number of furan rings is 1. The summed E-state index contributed by atoms with van der Waals surface area (Å²) in [6.45, 7) is 1.93. The molecule has 4 rings (SSSR count). The lowest BCUT2D eigenvalue weighted by Crippen LogP contribution is -2.10. The van der Waals surface area contributed by atoms with Gasteiger partial charge in [-0.1, -0.05) is 6.07 Å². The van der Waals surface area contributed by atoms with Crippen molar-refractivity contribution in [2.24, 2.45) is 11.5 Å².